The molecule has 1 fully saturated rings. The molecule has 0 N–H and O–H groups in total. The highest BCUT2D eigenvalue weighted by Crippen LogP contribution is 2.21. The number of hydrogen-bond acceptors (Lipinski definition) is 4. The van der Waals surface area contributed by atoms with Gasteiger partial charge in [-0.1, -0.05) is 42.0 Å². The molecule has 0 spiro atoms. The van der Waals surface area contributed by atoms with Gasteiger partial charge in [0.1, 0.15) is 6.07 Å². The predicted molar refractivity (Wildman–Crippen MR) is 101 cm³/mol. The van der Waals surface area contributed by atoms with Crippen LogP contribution < -0.4 is 0 Å². The Hall–Kier alpha value is -2.69. The number of nitriles is 1. The molecule has 0 radical (unpaired) electrons. The number of amides is 1. The summed E-state index contributed by atoms with van der Waals surface area (Å²) >= 11 is 0. The highest BCUT2D eigenvalue weighted by Gasteiger charge is 2.31. The summed E-state index contributed by atoms with van der Waals surface area (Å²) in [5, 5.41) is 9.17. The van der Waals surface area contributed by atoms with E-state index in [1.807, 2.05) is 37.3 Å². The zero-order valence-electron chi connectivity index (χ0n) is 15.1. The molecule has 0 aliphatic carbocycles. The predicted octanol–water partition coefficient (Wildman–Crippen LogP) is 1.94. The quantitative estimate of drug-likeness (QED) is 0.808. The number of nitrogens with zero attached hydrogens (tertiary/aromatic N) is 3. The van der Waals surface area contributed by atoms with Gasteiger partial charge in [-0.2, -0.15) is 9.57 Å². The third kappa shape index (κ3) is 4.18. The van der Waals surface area contributed by atoms with E-state index in [2.05, 4.69) is 0 Å². The first kappa shape index (κ1) is 19.1. The maximum Gasteiger partial charge on any atom is 0.244 e. The number of aryl methyl sites for hydroxylation is 1. The molecular formula is C20H21N3O3S. The number of carbonyl (C=O) groups excluding carboxylic acids is 1. The van der Waals surface area contributed by atoms with Gasteiger partial charge in [-0.3, -0.25) is 4.79 Å². The van der Waals surface area contributed by atoms with Crippen LogP contribution in [0.1, 0.15) is 16.7 Å². The van der Waals surface area contributed by atoms with Crippen molar-refractivity contribution in [3.8, 4) is 6.07 Å². The standard InChI is InChI=1S/C20H21N3O3S/c1-16-6-8-17(9-7-16)14-20(24)22-10-12-23(13-11-22)27(25,26)19-5-3-2-4-18(19)15-21/h2-9H,10-14H2,1H3. The van der Waals surface area contributed by atoms with E-state index in [0.717, 1.165) is 11.1 Å². The molecule has 0 saturated carbocycles. The zero-order chi connectivity index (χ0) is 19.4. The molecule has 27 heavy (non-hydrogen) atoms. The van der Waals surface area contributed by atoms with E-state index in [1.54, 1.807) is 17.0 Å². The largest absolute Gasteiger partial charge is 0.340 e. The molecule has 0 aromatic heterocycles. The van der Waals surface area contributed by atoms with Gasteiger partial charge in [0.05, 0.1) is 16.9 Å². The average molecular weight is 383 g/mol. The number of benzene rings is 2. The molecular weight excluding hydrogens is 362 g/mol. The monoisotopic (exact) mass is 383 g/mol. The summed E-state index contributed by atoms with van der Waals surface area (Å²) in [6.07, 6.45) is 0.310. The normalized spacial score (nSPS) is 15.3. The van der Waals surface area contributed by atoms with Crippen molar-refractivity contribution in [1.82, 2.24) is 9.21 Å². The molecule has 1 saturated heterocycles. The Kier molecular flexibility index (Phi) is 5.59. The van der Waals surface area contributed by atoms with Crippen LogP contribution in [-0.4, -0.2) is 49.7 Å². The third-order valence-electron chi connectivity index (χ3n) is 4.69. The summed E-state index contributed by atoms with van der Waals surface area (Å²) in [7, 11) is -3.74. The summed E-state index contributed by atoms with van der Waals surface area (Å²) in [6.45, 7) is 3.14. The molecule has 1 heterocycles. The maximum atomic E-state index is 12.8. The molecule has 0 atom stereocenters. The van der Waals surface area contributed by atoms with Crippen LogP contribution in [0.25, 0.3) is 0 Å². The number of sulfonamides is 1. The van der Waals surface area contributed by atoms with Crippen LogP contribution in [0.3, 0.4) is 0 Å². The summed E-state index contributed by atoms with van der Waals surface area (Å²) in [4.78, 5) is 14.2. The first-order valence-corrected chi connectivity index (χ1v) is 10.2. The van der Waals surface area contributed by atoms with Crippen molar-refractivity contribution in [3.05, 3.63) is 65.2 Å². The Labute approximate surface area is 159 Å². The number of piperazine rings is 1. The SMILES string of the molecule is Cc1ccc(CC(=O)N2CCN(S(=O)(=O)c3ccccc3C#N)CC2)cc1. The van der Waals surface area contributed by atoms with Gasteiger partial charge in [0.2, 0.25) is 15.9 Å². The minimum atomic E-state index is -3.74. The van der Waals surface area contributed by atoms with Crippen LogP contribution in [-0.2, 0) is 21.2 Å². The van der Waals surface area contributed by atoms with Crippen molar-refractivity contribution >= 4 is 15.9 Å². The Morgan fingerprint density at radius 1 is 1.04 bits per heavy atom. The lowest BCUT2D eigenvalue weighted by molar-refractivity contribution is -0.131. The molecule has 2 aromatic carbocycles. The molecule has 0 bridgehead atoms. The highest BCUT2D eigenvalue weighted by molar-refractivity contribution is 7.89. The first-order chi connectivity index (χ1) is 12.9. The Bertz CT molecular complexity index is 970. The molecule has 1 amide bonds. The Balaban J connectivity index is 1.65. The zero-order valence-corrected chi connectivity index (χ0v) is 15.9. The van der Waals surface area contributed by atoms with Gasteiger partial charge in [0.15, 0.2) is 0 Å². The van der Waals surface area contributed by atoms with Crippen LogP contribution in [0.4, 0.5) is 0 Å². The second-order valence-electron chi connectivity index (χ2n) is 6.56. The van der Waals surface area contributed by atoms with E-state index in [0.29, 0.717) is 19.5 Å². The number of rotatable bonds is 4. The number of carbonyl (C=O) groups is 1. The van der Waals surface area contributed by atoms with E-state index >= 15 is 0 Å². The molecule has 6 nitrogen and oxygen atoms in total. The lowest BCUT2D eigenvalue weighted by atomic mass is 10.1. The molecule has 7 heteroatoms. The van der Waals surface area contributed by atoms with Crippen molar-refractivity contribution in [2.45, 2.75) is 18.2 Å². The van der Waals surface area contributed by atoms with Gasteiger partial charge in [0, 0.05) is 26.2 Å². The van der Waals surface area contributed by atoms with E-state index < -0.39 is 10.0 Å². The van der Waals surface area contributed by atoms with Crippen molar-refractivity contribution in [1.29, 1.82) is 5.26 Å². The van der Waals surface area contributed by atoms with Crippen LogP contribution in [0.15, 0.2) is 53.4 Å². The van der Waals surface area contributed by atoms with Gasteiger partial charge in [0.25, 0.3) is 0 Å². The fourth-order valence-corrected chi connectivity index (χ4v) is 4.66. The minimum Gasteiger partial charge on any atom is -0.340 e. The van der Waals surface area contributed by atoms with Crippen molar-refractivity contribution < 1.29 is 13.2 Å². The van der Waals surface area contributed by atoms with Gasteiger partial charge in [-0.25, -0.2) is 8.42 Å². The minimum absolute atomic E-state index is 0.00618. The van der Waals surface area contributed by atoms with Gasteiger partial charge in [-0.05, 0) is 24.6 Å². The van der Waals surface area contributed by atoms with Crippen LogP contribution in [0.2, 0.25) is 0 Å². The Morgan fingerprint density at radius 2 is 1.67 bits per heavy atom. The van der Waals surface area contributed by atoms with Crippen molar-refractivity contribution in [2.75, 3.05) is 26.2 Å². The summed E-state index contributed by atoms with van der Waals surface area (Å²) in [6, 6.07) is 15.9. The molecule has 140 valence electrons. The molecule has 3 rings (SSSR count). The second kappa shape index (κ2) is 7.91. The third-order valence-corrected chi connectivity index (χ3v) is 6.65. The maximum absolute atomic E-state index is 12.8. The molecule has 1 aliphatic rings. The average Bonchev–Trinajstić information content (AvgIpc) is 2.69. The van der Waals surface area contributed by atoms with E-state index in [9.17, 15) is 13.2 Å². The Morgan fingerprint density at radius 3 is 2.30 bits per heavy atom. The topological polar surface area (TPSA) is 81.5 Å². The highest BCUT2D eigenvalue weighted by atomic mass is 32.2. The molecule has 1 aliphatic heterocycles. The molecule has 2 aromatic rings. The smallest absolute Gasteiger partial charge is 0.244 e. The lowest BCUT2D eigenvalue weighted by Gasteiger charge is -2.34. The van der Waals surface area contributed by atoms with Crippen LogP contribution in [0.5, 0.6) is 0 Å². The van der Waals surface area contributed by atoms with E-state index in [-0.39, 0.29) is 29.5 Å². The lowest BCUT2D eigenvalue weighted by Crippen LogP contribution is -2.50. The van der Waals surface area contributed by atoms with Gasteiger partial charge in [-0.15, -0.1) is 0 Å². The van der Waals surface area contributed by atoms with Gasteiger partial charge >= 0.3 is 0 Å². The van der Waals surface area contributed by atoms with Crippen LogP contribution >= 0.6 is 0 Å². The fraction of sp³-hybridized carbons (Fsp3) is 0.300. The van der Waals surface area contributed by atoms with E-state index in [4.69, 9.17) is 5.26 Å². The van der Waals surface area contributed by atoms with Crippen LogP contribution in [0, 0.1) is 18.3 Å². The number of hydrogen-bond donors (Lipinski definition) is 0. The van der Waals surface area contributed by atoms with Gasteiger partial charge < -0.3 is 4.90 Å². The van der Waals surface area contributed by atoms with Crippen molar-refractivity contribution in [3.63, 3.8) is 0 Å². The second-order valence-corrected chi connectivity index (χ2v) is 8.46. The fourth-order valence-electron chi connectivity index (χ4n) is 3.09. The summed E-state index contributed by atoms with van der Waals surface area (Å²) in [5.74, 6) is -0.00618. The van der Waals surface area contributed by atoms with E-state index in [1.165, 1.54) is 16.4 Å². The first-order valence-electron chi connectivity index (χ1n) is 8.74. The summed E-state index contributed by atoms with van der Waals surface area (Å²) in [5.41, 5.74) is 2.22. The molecule has 0 unspecified atom stereocenters. The summed E-state index contributed by atoms with van der Waals surface area (Å²) < 4.78 is 27.0. The van der Waals surface area contributed by atoms with Crippen molar-refractivity contribution in [2.24, 2.45) is 0 Å².